The van der Waals surface area contributed by atoms with Crippen LogP contribution in [0.1, 0.15) is 56.6 Å². The molecule has 1 aromatic heterocycles. The maximum absolute atomic E-state index is 13.5. The number of aromatic nitrogens is 1. The normalized spacial score (nSPS) is 23.0. The van der Waals surface area contributed by atoms with Crippen LogP contribution < -0.4 is 10.6 Å². The minimum atomic E-state index is -1.15. The van der Waals surface area contributed by atoms with Gasteiger partial charge >= 0.3 is 6.09 Å². The Morgan fingerprint density at radius 2 is 1.64 bits per heavy atom. The van der Waals surface area contributed by atoms with Crippen molar-refractivity contribution in [3.8, 4) is 0 Å². The smallest absolute Gasteiger partial charge is 0.408 e. The molecule has 6 nitrogen and oxygen atoms in total. The van der Waals surface area contributed by atoms with Gasteiger partial charge in [-0.1, -0.05) is 61.4 Å². The maximum Gasteiger partial charge on any atom is 0.408 e. The van der Waals surface area contributed by atoms with Crippen LogP contribution in [0, 0.1) is 11.8 Å². The largest absolute Gasteiger partial charge is 0.446 e. The van der Waals surface area contributed by atoms with Crippen molar-refractivity contribution in [2.24, 2.45) is 11.8 Å². The molecule has 2 aromatic carbocycles. The molecule has 2 amide bonds. The van der Waals surface area contributed by atoms with Crippen LogP contribution in [0.4, 0.5) is 4.79 Å². The van der Waals surface area contributed by atoms with Gasteiger partial charge in [-0.2, -0.15) is 0 Å². The summed E-state index contributed by atoms with van der Waals surface area (Å²) < 4.78 is 6.05. The third kappa shape index (κ3) is 5.43. The number of carbonyl (C=O) groups excluding carboxylic acids is 2. The van der Waals surface area contributed by atoms with E-state index in [2.05, 4.69) is 15.6 Å². The minimum absolute atomic E-state index is 0.0361. The van der Waals surface area contributed by atoms with Crippen LogP contribution >= 0.6 is 0 Å². The standard InChI is InChI=1S/C30H37N3O3/c1-30(19-24-20-32-26-16-6-5-15-25(24)26,28(34)31-18-17-21-9-3-2-4-10-21)33-29(35)36-27-22-11-7-12-23(27)14-8-13-22/h2-6,9-10,15-16,20,22-23,27,32H,7-8,11-14,17-19H2,1H3,(H,31,34)(H,33,35). The number of benzene rings is 2. The van der Waals surface area contributed by atoms with Gasteiger partial charge in [0.15, 0.2) is 0 Å². The van der Waals surface area contributed by atoms with Crippen molar-refractivity contribution in [1.29, 1.82) is 0 Å². The summed E-state index contributed by atoms with van der Waals surface area (Å²) in [4.78, 5) is 30.1. The molecule has 2 bridgehead atoms. The summed E-state index contributed by atoms with van der Waals surface area (Å²) in [5, 5.41) is 7.11. The van der Waals surface area contributed by atoms with E-state index < -0.39 is 11.6 Å². The monoisotopic (exact) mass is 487 g/mol. The van der Waals surface area contributed by atoms with Crippen molar-refractivity contribution in [1.82, 2.24) is 15.6 Å². The highest BCUT2D eigenvalue weighted by Crippen LogP contribution is 2.41. The minimum Gasteiger partial charge on any atom is -0.446 e. The number of fused-ring (bicyclic) bond motifs is 3. The Kier molecular flexibility index (Phi) is 7.30. The molecule has 3 aromatic rings. The molecule has 0 spiro atoms. The predicted molar refractivity (Wildman–Crippen MR) is 142 cm³/mol. The molecule has 3 N–H and O–H groups in total. The van der Waals surface area contributed by atoms with Gasteiger partial charge in [-0.3, -0.25) is 4.79 Å². The van der Waals surface area contributed by atoms with E-state index in [1.807, 2.05) is 60.8 Å². The van der Waals surface area contributed by atoms with E-state index in [0.29, 0.717) is 24.8 Å². The molecule has 2 aliphatic carbocycles. The van der Waals surface area contributed by atoms with E-state index in [4.69, 9.17) is 4.74 Å². The number of alkyl carbamates (subject to hydrolysis) is 1. The van der Waals surface area contributed by atoms with Gasteiger partial charge in [0.1, 0.15) is 11.6 Å². The topological polar surface area (TPSA) is 83.2 Å². The summed E-state index contributed by atoms with van der Waals surface area (Å²) in [6.07, 6.45) is 9.44. The number of hydrogen-bond acceptors (Lipinski definition) is 3. The SMILES string of the molecule is CC(Cc1c[nH]c2ccccc12)(NC(=O)OC1C2CCCC1CCC2)C(=O)NCCc1ccccc1. The first-order valence-electron chi connectivity index (χ1n) is 13.4. The Labute approximate surface area is 213 Å². The molecule has 1 unspecified atom stereocenters. The first-order chi connectivity index (χ1) is 17.5. The van der Waals surface area contributed by atoms with E-state index in [0.717, 1.165) is 54.1 Å². The molecule has 1 atom stereocenters. The molecule has 1 heterocycles. The summed E-state index contributed by atoms with van der Waals surface area (Å²) in [5.41, 5.74) is 2.01. The number of amides is 2. The zero-order valence-corrected chi connectivity index (χ0v) is 21.1. The van der Waals surface area contributed by atoms with E-state index >= 15 is 0 Å². The zero-order chi connectivity index (χ0) is 25.0. The van der Waals surface area contributed by atoms with Crippen molar-refractivity contribution in [3.05, 3.63) is 71.9 Å². The highest BCUT2D eigenvalue weighted by molar-refractivity contribution is 5.91. The van der Waals surface area contributed by atoms with Gasteiger partial charge in [0.25, 0.3) is 0 Å². The fourth-order valence-corrected chi connectivity index (χ4v) is 6.19. The van der Waals surface area contributed by atoms with E-state index in [1.165, 1.54) is 12.8 Å². The number of para-hydroxylation sites is 1. The van der Waals surface area contributed by atoms with E-state index in [9.17, 15) is 9.59 Å². The third-order valence-corrected chi connectivity index (χ3v) is 8.11. The number of nitrogens with one attached hydrogen (secondary N) is 3. The highest BCUT2D eigenvalue weighted by Gasteiger charge is 2.41. The lowest BCUT2D eigenvalue weighted by atomic mass is 9.70. The van der Waals surface area contributed by atoms with Gasteiger partial charge < -0.3 is 20.4 Å². The summed E-state index contributed by atoms with van der Waals surface area (Å²) in [6.45, 7) is 2.30. The van der Waals surface area contributed by atoms with Crippen LogP contribution in [0.25, 0.3) is 10.9 Å². The molecule has 2 fully saturated rings. The molecule has 0 aliphatic heterocycles. The molecular formula is C30H37N3O3. The van der Waals surface area contributed by atoms with Gasteiger partial charge in [-0.05, 0) is 68.1 Å². The van der Waals surface area contributed by atoms with Gasteiger partial charge in [-0.25, -0.2) is 4.79 Å². The lowest BCUT2D eigenvalue weighted by Crippen LogP contribution is -2.59. The molecule has 6 heteroatoms. The highest BCUT2D eigenvalue weighted by atomic mass is 16.6. The average Bonchev–Trinajstić information content (AvgIpc) is 3.27. The Bertz CT molecular complexity index is 1170. The second-order valence-electron chi connectivity index (χ2n) is 10.7. The lowest BCUT2D eigenvalue weighted by Gasteiger charge is -2.42. The van der Waals surface area contributed by atoms with E-state index in [-0.39, 0.29) is 12.0 Å². The van der Waals surface area contributed by atoms with Crippen molar-refractivity contribution in [3.63, 3.8) is 0 Å². The van der Waals surface area contributed by atoms with Crippen LogP contribution in [-0.4, -0.2) is 35.2 Å². The first-order valence-corrected chi connectivity index (χ1v) is 13.4. The second kappa shape index (κ2) is 10.8. The Morgan fingerprint density at radius 3 is 2.36 bits per heavy atom. The quantitative estimate of drug-likeness (QED) is 0.391. The van der Waals surface area contributed by atoms with Crippen molar-refractivity contribution >= 4 is 22.9 Å². The number of aromatic amines is 1. The lowest BCUT2D eigenvalue weighted by molar-refractivity contribution is -0.127. The number of carbonyl (C=O) groups is 2. The molecule has 2 saturated carbocycles. The van der Waals surface area contributed by atoms with E-state index in [1.54, 1.807) is 6.92 Å². The van der Waals surface area contributed by atoms with Gasteiger partial charge in [0.2, 0.25) is 5.91 Å². The van der Waals surface area contributed by atoms with Crippen LogP contribution in [0.2, 0.25) is 0 Å². The van der Waals surface area contributed by atoms with Gasteiger partial charge in [-0.15, -0.1) is 0 Å². The molecule has 0 saturated heterocycles. The van der Waals surface area contributed by atoms with Crippen LogP contribution in [0.15, 0.2) is 60.8 Å². The maximum atomic E-state index is 13.5. The molecule has 190 valence electrons. The fraction of sp³-hybridized carbons (Fsp3) is 0.467. The predicted octanol–water partition coefficient (Wildman–Crippen LogP) is 5.52. The summed E-state index contributed by atoms with van der Waals surface area (Å²) in [5.74, 6) is 0.690. The molecule has 5 rings (SSSR count). The summed E-state index contributed by atoms with van der Waals surface area (Å²) in [7, 11) is 0. The molecule has 0 radical (unpaired) electrons. The zero-order valence-electron chi connectivity index (χ0n) is 21.1. The number of rotatable bonds is 8. The fourth-order valence-electron chi connectivity index (χ4n) is 6.19. The van der Waals surface area contributed by atoms with Gasteiger partial charge in [0, 0.05) is 30.1 Å². The Hall–Kier alpha value is -3.28. The Morgan fingerprint density at radius 1 is 0.972 bits per heavy atom. The number of ether oxygens (including phenoxy) is 1. The first kappa shape index (κ1) is 24.4. The summed E-state index contributed by atoms with van der Waals surface area (Å²) >= 11 is 0. The van der Waals surface area contributed by atoms with Crippen LogP contribution in [-0.2, 0) is 22.4 Å². The van der Waals surface area contributed by atoms with Crippen LogP contribution in [0.3, 0.4) is 0 Å². The number of H-pyrrole nitrogens is 1. The Balaban J connectivity index is 1.31. The van der Waals surface area contributed by atoms with Crippen molar-refractivity contribution < 1.29 is 14.3 Å². The third-order valence-electron chi connectivity index (χ3n) is 8.11. The van der Waals surface area contributed by atoms with Crippen LogP contribution in [0.5, 0.6) is 0 Å². The molecular weight excluding hydrogens is 450 g/mol. The molecule has 2 aliphatic rings. The van der Waals surface area contributed by atoms with Crippen molar-refractivity contribution in [2.45, 2.75) is 69.9 Å². The number of hydrogen-bond donors (Lipinski definition) is 3. The van der Waals surface area contributed by atoms with Gasteiger partial charge in [0.05, 0.1) is 0 Å². The molecule has 36 heavy (non-hydrogen) atoms. The summed E-state index contributed by atoms with van der Waals surface area (Å²) in [6, 6.07) is 18.1. The average molecular weight is 488 g/mol. The second-order valence-corrected chi connectivity index (χ2v) is 10.7. The van der Waals surface area contributed by atoms with Crippen molar-refractivity contribution in [2.75, 3.05) is 6.54 Å².